The fraction of sp³-hybridized carbons (Fsp3) is 0.100. The average Bonchev–Trinajstić information content (AvgIpc) is 3.90. The van der Waals surface area contributed by atoms with E-state index in [2.05, 4.69) is 208 Å². The lowest BCUT2D eigenvalue weighted by atomic mass is 9.75. The molecule has 13 rings (SSSR count). The van der Waals surface area contributed by atoms with Crippen LogP contribution in [-0.4, -0.2) is 0 Å². The summed E-state index contributed by atoms with van der Waals surface area (Å²) in [5, 5.41) is 7.75. The van der Waals surface area contributed by atoms with Crippen molar-refractivity contribution in [1.82, 2.24) is 0 Å². The van der Waals surface area contributed by atoms with E-state index in [0.717, 1.165) is 12.8 Å². The third kappa shape index (κ3) is 4.51. The van der Waals surface area contributed by atoms with Crippen LogP contribution in [0.25, 0.3) is 88.0 Å². The first-order valence-corrected chi connectivity index (χ1v) is 21.5. The van der Waals surface area contributed by atoms with Crippen molar-refractivity contribution in [2.75, 3.05) is 0 Å². The molecule has 0 atom stereocenters. The van der Waals surface area contributed by atoms with Gasteiger partial charge in [0.1, 0.15) is 0 Å². The van der Waals surface area contributed by atoms with Crippen LogP contribution in [0, 0.1) is 0 Å². The van der Waals surface area contributed by atoms with Crippen molar-refractivity contribution in [3.05, 3.63) is 228 Å². The van der Waals surface area contributed by atoms with Crippen LogP contribution < -0.4 is 0 Å². The molecule has 0 bridgehead atoms. The topological polar surface area (TPSA) is 0 Å². The van der Waals surface area contributed by atoms with E-state index in [9.17, 15) is 0 Å². The summed E-state index contributed by atoms with van der Waals surface area (Å²) in [7, 11) is 0. The Morgan fingerprint density at radius 2 is 0.833 bits per heavy atom. The van der Waals surface area contributed by atoms with Crippen LogP contribution in [0.4, 0.5) is 0 Å². The molecule has 0 aromatic heterocycles. The summed E-state index contributed by atoms with van der Waals surface area (Å²) in [5.74, 6) is 0. The summed E-state index contributed by atoms with van der Waals surface area (Å²) in [4.78, 5) is 0. The first kappa shape index (κ1) is 33.9. The molecule has 0 unspecified atom stereocenters. The molecule has 10 aromatic carbocycles. The van der Waals surface area contributed by atoms with Gasteiger partial charge in [0.25, 0.3) is 0 Å². The maximum atomic E-state index is 2.56. The zero-order valence-electron chi connectivity index (χ0n) is 33.9. The molecule has 0 radical (unpaired) electrons. The Labute approximate surface area is 351 Å². The predicted molar refractivity (Wildman–Crippen MR) is 253 cm³/mol. The van der Waals surface area contributed by atoms with Crippen molar-refractivity contribution in [3.63, 3.8) is 0 Å². The minimum Gasteiger partial charge on any atom is -0.0622 e. The first-order chi connectivity index (χ1) is 29.5. The third-order valence-electron chi connectivity index (χ3n) is 14.6. The molecular weight excluding hydrogens is 721 g/mol. The minimum absolute atomic E-state index is 0.0575. The first-order valence-electron chi connectivity index (χ1n) is 21.5. The number of rotatable bonds is 3. The maximum Gasteiger partial charge on any atom is 0.0296 e. The predicted octanol–water partition coefficient (Wildman–Crippen LogP) is 15.5. The molecule has 0 saturated carbocycles. The Morgan fingerprint density at radius 1 is 0.300 bits per heavy atom. The van der Waals surface area contributed by atoms with Gasteiger partial charge in [0, 0.05) is 10.8 Å². The van der Waals surface area contributed by atoms with Crippen LogP contribution in [-0.2, 0) is 23.7 Å². The van der Waals surface area contributed by atoms with Crippen molar-refractivity contribution in [2.24, 2.45) is 0 Å². The van der Waals surface area contributed by atoms with Crippen LogP contribution >= 0.6 is 0 Å². The van der Waals surface area contributed by atoms with Crippen LogP contribution in [0.5, 0.6) is 0 Å². The molecule has 0 amide bonds. The van der Waals surface area contributed by atoms with Crippen LogP contribution in [0.3, 0.4) is 0 Å². The molecule has 0 heterocycles. The third-order valence-corrected chi connectivity index (χ3v) is 14.6. The zero-order valence-corrected chi connectivity index (χ0v) is 33.9. The highest BCUT2D eigenvalue weighted by molar-refractivity contribution is 6.25. The highest BCUT2D eigenvalue weighted by Gasteiger charge is 2.47. The quantitative estimate of drug-likeness (QED) is 0.157. The van der Waals surface area contributed by atoms with Gasteiger partial charge >= 0.3 is 0 Å². The van der Waals surface area contributed by atoms with Gasteiger partial charge in [0.05, 0.1) is 0 Å². The fourth-order valence-corrected chi connectivity index (χ4v) is 12.0. The molecule has 1 spiro atoms. The standard InChI is InChI=1S/C60H42/c1-59(2)52-26-14-13-25-49(52)58-45-22-9-8-20-42(45)51(34-55(58)59)57-47-24-11-10-23-46(47)56(37-16-4-3-5-17-37)48-31-29-38(32-50(48)57)39-28-30-44-43-21-12-15-27-53(43)60(54(44)33-39)35-40-18-6-7-19-41(40)36-60/h3-34H,35-36H2,1-2H3. The van der Waals surface area contributed by atoms with E-state index >= 15 is 0 Å². The average molecular weight is 763 g/mol. The lowest BCUT2D eigenvalue weighted by molar-refractivity contribution is 0.564. The van der Waals surface area contributed by atoms with E-state index in [1.54, 1.807) is 0 Å². The van der Waals surface area contributed by atoms with Crippen molar-refractivity contribution in [3.8, 4) is 55.6 Å². The molecule has 0 heteroatoms. The summed E-state index contributed by atoms with van der Waals surface area (Å²) in [5.41, 5.74) is 21.7. The number of hydrogen-bond acceptors (Lipinski definition) is 0. The summed E-state index contributed by atoms with van der Waals surface area (Å²) in [6, 6.07) is 73.8. The van der Waals surface area contributed by atoms with Gasteiger partial charge in [0.15, 0.2) is 0 Å². The molecule has 3 aliphatic carbocycles. The Balaban J connectivity index is 1.10. The van der Waals surface area contributed by atoms with E-state index in [4.69, 9.17) is 0 Å². The van der Waals surface area contributed by atoms with E-state index in [1.807, 2.05) is 0 Å². The normalized spacial score (nSPS) is 15.0. The summed E-state index contributed by atoms with van der Waals surface area (Å²) < 4.78 is 0. The van der Waals surface area contributed by atoms with Crippen LogP contribution in [0.2, 0.25) is 0 Å². The number of hydrogen-bond donors (Lipinski definition) is 0. The van der Waals surface area contributed by atoms with Gasteiger partial charge in [-0.3, -0.25) is 0 Å². The Morgan fingerprint density at radius 3 is 1.58 bits per heavy atom. The second kappa shape index (κ2) is 12.3. The van der Waals surface area contributed by atoms with E-state index in [1.165, 1.54) is 121 Å². The van der Waals surface area contributed by atoms with Crippen molar-refractivity contribution >= 4 is 32.3 Å². The van der Waals surface area contributed by atoms with Crippen molar-refractivity contribution < 1.29 is 0 Å². The largest absolute Gasteiger partial charge is 0.0622 e. The van der Waals surface area contributed by atoms with Gasteiger partial charge in [-0.25, -0.2) is 0 Å². The van der Waals surface area contributed by atoms with Crippen molar-refractivity contribution in [2.45, 2.75) is 37.5 Å². The Bertz CT molecular complexity index is 3430. The molecule has 60 heavy (non-hydrogen) atoms. The van der Waals surface area contributed by atoms with Gasteiger partial charge in [-0.2, -0.15) is 0 Å². The SMILES string of the molecule is CC1(C)c2ccccc2-c2c1cc(-c1c3ccccc3c(-c3ccccc3)c3ccc(-c4ccc5c(c4)C4(Cc6ccccc6C4)c4ccccc4-5)cc13)c1ccccc21. The van der Waals surface area contributed by atoms with Gasteiger partial charge < -0.3 is 0 Å². The molecule has 282 valence electrons. The van der Waals surface area contributed by atoms with Gasteiger partial charge in [-0.1, -0.05) is 190 Å². The Kier molecular flexibility index (Phi) is 6.93. The van der Waals surface area contributed by atoms with Crippen LogP contribution in [0.15, 0.2) is 194 Å². The highest BCUT2D eigenvalue weighted by atomic mass is 14.5. The summed E-state index contributed by atoms with van der Waals surface area (Å²) in [6.45, 7) is 4.82. The maximum absolute atomic E-state index is 2.56. The lowest BCUT2D eigenvalue weighted by Gasteiger charge is -2.27. The summed E-state index contributed by atoms with van der Waals surface area (Å²) >= 11 is 0. The number of benzene rings is 10. The van der Waals surface area contributed by atoms with Crippen LogP contribution in [0.1, 0.15) is 47.2 Å². The fourth-order valence-electron chi connectivity index (χ4n) is 12.0. The molecular formula is C60H42. The Hall–Kier alpha value is -7.02. The zero-order chi connectivity index (χ0) is 39.7. The molecule has 0 nitrogen and oxygen atoms in total. The summed E-state index contributed by atoms with van der Waals surface area (Å²) in [6.07, 6.45) is 2.08. The van der Waals surface area contributed by atoms with E-state index in [-0.39, 0.29) is 10.8 Å². The van der Waals surface area contributed by atoms with Gasteiger partial charge in [0.2, 0.25) is 0 Å². The second-order valence-corrected chi connectivity index (χ2v) is 18.0. The van der Waals surface area contributed by atoms with Gasteiger partial charge in [-0.15, -0.1) is 0 Å². The molecule has 10 aromatic rings. The smallest absolute Gasteiger partial charge is 0.0296 e. The lowest BCUT2D eigenvalue weighted by Crippen LogP contribution is -2.25. The molecule has 0 saturated heterocycles. The molecule has 0 fully saturated rings. The van der Waals surface area contributed by atoms with Crippen molar-refractivity contribution in [1.29, 1.82) is 0 Å². The number of fused-ring (bicyclic) bond motifs is 13. The van der Waals surface area contributed by atoms with E-state index in [0.29, 0.717) is 0 Å². The van der Waals surface area contributed by atoms with E-state index < -0.39 is 0 Å². The molecule has 0 N–H and O–H groups in total. The monoisotopic (exact) mass is 762 g/mol. The van der Waals surface area contributed by atoms with Gasteiger partial charge in [-0.05, 0) is 152 Å². The molecule has 3 aliphatic rings. The second-order valence-electron chi connectivity index (χ2n) is 18.0. The highest BCUT2D eigenvalue weighted by Crippen LogP contribution is 2.57. The molecule has 0 aliphatic heterocycles. The minimum atomic E-state index is -0.136.